The summed E-state index contributed by atoms with van der Waals surface area (Å²) >= 11 is 3.28. The van der Waals surface area contributed by atoms with E-state index in [0.717, 1.165) is 6.54 Å². The maximum atomic E-state index is 13.4. The van der Waals surface area contributed by atoms with Crippen LogP contribution in [0.1, 0.15) is 29.8 Å². The summed E-state index contributed by atoms with van der Waals surface area (Å²) < 4.78 is 19.6. The van der Waals surface area contributed by atoms with Gasteiger partial charge >= 0.3 is 0 Å². The molecule has 116 valence electrons. The first-order valence-corrected chi connectivity index (χ1v) is 8.53. The molecule has 0 amide bonds. The van der Waals surface area contributed by atoms with Crippen molar-refractivity contribution < 1.29 is 13.6 Å². The Hall–Kier alpha value is -1.20. The lowest BCUT2D eigenvalue weighted by Crippen LogP contribution is -2.47. The van der Waals surface area contributed by atoms with E-state index >= 15 is 0 Å². The normalized spacial score (nSPS) is 27.5. The molecule has 1 aromatic carbocycles. The minimum Gasteiger partial charge on any atom is -0.452 e. The van der Waals surface area contributed by atoms with Gasteiger partial charge < -0.3 is 9.32 Å². The van der Waals surface area contributed by atoms with Crippen molar-refractivity contribution in [3.63, 3.8) is 0 Å². The number of halogens is 2. The molecule has 0 saturated carbocycles. The minimum absolute atomic E-state index is 0.0299. The molecule has 2 bridgehead atoms. The average Bonchev–Trinajstić information content (AvgIpc) is 2.93. The molecule has 1 aromatic heterocycles. The highest BCUT2D eigenvalue weighted by Gasteiger charge is 2.35. The molecule has 5 heteroatoms. The third-order valence-electron chi connectivity index (χ3n) is 5.05. The Balaban J connectivity index is 1.56. The number of nitrogens with zero attached hydrogens (tertiary/aromatic N) is 1. The molecule has 0 unspecified atom stereocenters. The third kappa shape index (κ3) is 2.50. The lowest BCUT2D eigenvalue weighted by molar-refractivity contribution is 0.0433. The van der Waals surface area contributed by atoms with Crippen LogP contribution < -0.4 is 0 Å². The topological polar surface area (TPSA) is 33.5 Å². The first-order chi connectivity index (χ1) is 10.6. The molecule has 5 rings (SSSR count). The van der Waals surface area contributed by atoms with Crippen molar-refractivity contribution in [1.82, 2.24) is 4.90 Å². The van der Waals surface area contributed by atoms with Gasteiger partial charge in [0.15, 0.2) is 11.5 Å². The van der Waals surface area contributed by atoms with Crippen molar-refractivity contribution >= 4 is 32.7 Å². The number of hydrogen-bond acceptors (Lipinski definition) is 3. The van der Waals surface area contributed by atoms with Gasteiger partial charge in [-0.05, 0) is 71.9 Å². The molecule has 3 saturated heterocycles. The van der Waals surface area contributed by atoms with Crippen molar-refractivity contribution in [2.24, 2.45) is 11.8 Å². The monoisotopic (exact) mass is 365 g/mol. The van der Waals surface area contributed by atoms with Gasteiger partial charge in [0.1, 0.15) is 11.4 Å². The number of Topliss-reactive ketones (excluding diaryl/α,β-unsaturated/α-hetero) is 1. The van der Waals surface area contributed by atoms with Gasteiger partial charge in [-0.15, -0.1) is 0 Å². The van der Waals surface area contributed by atoms with Crippen molar-refractivity contribution in [3.05, 3.63) is 34.2 Å². The maximum Gasteiger partial charge on any atom is 0.198 e. The molecule has 3 aliphatic heterocycles. The zero-order chi connectivity index (χ0) is 15.3. The van der Waals surface area contributed by atoms with Crippen molar-refractivity contribution in [3.8, 4) is 0 Å². The van der Waals surface area contributed by atoms with E-state index in [2.05, 4.69) is 20.8 Å². The molecule has 4 heterocycles. The van der Waals surface area contributed by atoms with E-state index < -0.39 is 0 Å². The fourth-order valence-electron chi connectivity index (χ4n) is 3.87. The minimum atomic E-state index is -0.337. The molecular weight excluding hydrogens is 349 g/mol. The first-order valence-electron chi connectivity index (χ1n) is 7.74. The zero-order valence-corrected chi connectivity index (χ0v) is 13.7. The summed E-state index contributed by atoms with van der Waals surface area (Å²) in [6.07, 6.45) is 2.94. The van der Waals surface area contributed by atoms with Crippen LogP contribution in [-0.2, 0) is 0 Å². The number of hydrogen-bond donors (Lipinski definition) is 0. The van der Waals surface area contributed by atoms with Crippen LogP contribution in [0.4, 0.5) is 4.39 Å². The number of ketones is 1. The molecule has 3 nitrogen and oxygen atoms in total. The quantitative estimate of drug-likeness (QED) is 0.762. The maximum absolute atomic E-state index is 13.4. The van der Waals surface area contributed by atoms with E-state index in [4.69, 9.17) is 4.42 Å². The smallest absolute Gasteiger partial charge is 0.198 e. The molecule has 0 N–H and O–H groups in total. The van der Waals surface area contributed by atoms with E-state index in [0.29, 0.717) is 39.5 Å². The van der Waals surface area contributed by atoms with Gasteiger partial charge in [0.2, 0.25) is 0 Å². The number of carbonyl (C=O) groups excluding carboxylic acids is 1. The van der Waals surface area contributed by atoms with E-state index in [-0.39, 0.29) is 11.6 Å². The van der Waals surface area contributed by atoms with Gasteiger partial charge in [0.25, 0.3) is 0 Å². The van der Waals surface area contributed by atoms with E-state index in [9.17, 15) is 9.18 Å². The SMILES string of the molecule is O=C(C[C@@H]1CN2CCC1CC2)c1cc2cc(F)cc(Br)c2o1. The molecule has 3 aliphatic rings. The van der Waals surface area contributed by atoms with Crippen LogP contribution in [0.2, 0.25) is 0 Å². The molecule has 0 spiro atoms. The van der Waals surface area contributed by atoms with Gasteiger partial charge in [0.05, 0.1) is 4.47 Å². The Bertz CT molecular complexity index is 734. The Morgan fingerprint density at radius 1 is 1.32 bits per heavy atom. The van der Waals surface area contributed by atoms with Crippen LogP contribution in [0.25, 0.3) is 11.0 Å². The molecule has 0 aliphatic carbocycles. The number of fused-ring (bicyclic) bond motifs is 4. The third-order valence-corrected chi connectivity index (χ3v) is 5.64. The predicted octanol–water partition coefficient (Wildman–Crippen LogP) is 4.25. The Kier molecular flexibility index (Phi) is 3.57. The first kappa shape index (κ1) is 14.4. The van der Waals surface area contributed by atoms with Crippen molar-refractivity contribution in [1.29, 1.82) is 0 Å². The van der Waals surface area contributed by atoms with Gasteiger partial charge in [0, 0.05) is 18.4 Å². The van der Waals surface area contributed by atoms with E-state index in [1.54, 1.807) is 6.07 Å². The standard InChI is InChI=1S/C17H17BrFNO2/c18-14-8-13(19)5-11-7-16(22-17(11)14)15(21)6-12-9-20-3-1-10(12)2-4-20/h5,7-8,10,12H,1-4,6,9H2/t12-/m1/s1. The highest BCUT2D eigenvalue weighted by Crippen LogP contribution is 2.36. The van der Waals surface area contributed by atoms with E-state index in [1.165, 1.54) is 38.1 Å². The summed E-state index contributed by atoms with van der Waals surface area (Å²) in [7, 11) is 0. The lowest BCUT2D eigenvalue weighted by Gasteiger charge is -2.44. The fourth-order valence-corrected chi connectivity index (χ4v) is 4.40. The summed E-state index contributed by atoms with van der Waals surface area (Å²) in [5.74, 6) is 1.14. The second kappa shape index (κ2) is 5.46. The largest absolute Gasteiger partial charge is 0.452 e. The number of furan rings is 1. The summed E-state index contributed by atoms with van der Waals surface area (Å²) in [6.45, 7) is 3.37. The van der Waals surface area contributed by atoms with Crippen LogP contribution in [-0.4, -0.2) is 30.3 Å². The molecule has 0 radical (unpaired) electrons. The van der Waals surface area contributed by atoms with Crippen molar-refractivity contribution in [2.45, 2.75) is 19.3 Å². The summed E-state index contributed by atoms with van der Waals surface area (Å²) in [4.78, 5) is 15.0. The molecule has 1 atom stereocenters. The zero-order valence-electron chi connectivity index (χ0n) is 12.1. The van der Waals surface area contributed by atoms with Crippen LogP contribution in [0, 0.1) is 17.7 Å². The van der Waals surface area contributed by atoms with Gasteiger partial charge in [-0.3, -0.25) is 4.79 Å². The number of piperidine rings is 3. The summed E-state index contributed by atoms with van der Waals surface area (Å²) in [6, 6.07) is 4.41. The van der Waals surface area contributed by atoms with Gasteiger partial charge in [-0.25, -0.2) is 4.39 Å². The summed E-state index contributed by atoms with van der Waals surface area (Å²) in [5.41, 5.74) is 0.540. The van der Waals surface area contributed by atoms with Gasteiger partial charge in [-0.1, -0.05) is 0 Å². The lowest BCUT2D eigenvalue weighted by atomic mass is 9.76. The fraction of sp³-hybridized carbons (Fsp3) is 0.471. The van der Waals surface area contributed by atoms with Crippen LogP contribution >= 0.6 is 15.9 Å². The Morgan fingerprint density at radius 3 is 2.77 bits per heavy atom. The van der Waals surface area contributed by atoms with Crippen LogP contribution in [0.5, 0.6) is 0 Å². The predicted molar refractivity (Wildman–Crippen MR) is 85.5 cm³/mol. The summed E-state index contributed by atoms with van der Waals surface area (Å²) in [5, 5.41) is 0.629. The van der Waals surface area contributed by atoms with Crippen molar-refractivity contribution in [2.75, 3.05) is 19.6 Å². The molecular formula is C17H17BrFNO2. The second-order valence-electron chi connectivity index (χ2n) is 6.44. The Labute approximate surface area is 136 Å². The highest BCUT2D eigenvalue weighted by atomic mass is 79.9. The van der Waals surface area contributed by atoms with Crippen LogP contribution in [0.15, 0.2) is 27.1 Å². The number of carbonyl (C=O) groups is 1. The molecule has 2 aromatic rings. The molecule has 22 heavy (non-hydrogen) atoms. The second-order valence-corrected chi connectivity index (χ2v) is 7.30. The number of benzene rings is 1. The average molecular weight is 366 g/mol. The molecule has 3 fully saturated rings. The number of rotatable bonds is 3. The Morgan fingerprint density at radius 2 is 2.09 bits per heavy atom. The highest BCUT2D eigenvalue weighted by molar-refractivity contribution is 9.10. The van der Waals surface area contributed by atoms with Crippen LogP contribution in [0.3, 0.4) is 0 Å². The van der Waals surface area contributed by atoms with Gasteiger partial charge in [-0.2, -0.15) is 0 Å². The van der Waals surface area contributed by atoms with E-state index in [1.807, 2.05) is 0 Å².